The van der Waals surface area contributed by atoms with Crippen molar-refractivity contribution < 1.29 is 0 Å². The summed E-state index contributed by atoms with van der Waals surface area (Å²) in [4.78, 5) is 0. The molecule has 0 saturated heterocycles. The standard InChI is InChI=1S/C10H8BrClS/c1-6-8-2-3-13-10(8)7(5-11)4-9(6)12/h2-4H,5H2,1H3. The molecule has 0 spiro atoms. The van der Waals surface area contributed by atoms with Gasteiger partial charge >= 0.3 is 0 Å². The number of rotatable bonds is 1. The maximum absolute atomic E-state index is 6.11. The van der Waals surface area contributed by atoms with Gasteiger partial charge in [-0.1, -0.05) is 27.5 Å². The molecule has 0 saturated carbocycles. The van der Waals surface area contributed by atoms with Crippen molar-refractivity contribution in [2.75, 3.05) is 0 Å². The Bertz CT molecular complexity index is 447. The number of hydrogen-bond acceptors (Lipinski definition) is 1. The van der Waals surface area contributed by atoms with Crippen LogP contribution in [0.5, 0.6) is 0 Å². The first-order chi connectivity index (χ1) is 6.24. The predicted octanol–water partition coefficient (Wildman–Crippen LogP) is 4.76. The Hall–Kier alpha value is -0.0500. The van der Waals surface area contributed by atoms with Gasteiger partial charge in [-0.25, -0.2) is 0 Å². The third-order valence-corrected chi connectivity index (χ3v) is 4.15. The van der Waals surface area contributed by atoms with E-state index in [-0.39, 0.29) is 0 Å². The van der Waals surface area contributed by atoms with Gasteiger partial charge < -0.3 is 0 Å². The molecule has 0 fully saturated rings. The fourth-order valence-corrected chi connectivity index (χ4v) is 3.24. The van der Waals surface area contributed by atoms with Crippen LogP contribution in [0.25, 0.3) is 10.1 Å². The van der Waals surface area contributed by atoms with Gasteiger partial charge in [-0.15, -0.1) is 11.3 Å². The fourth-order valence-electron chi connectivity index (χ4n) is 1.41. The van der Waals surface area contributed by atoms with Gasteiger partial charge in [-0.05, 0) is 40.9 Å². The van der Waals surface area contributed by atoms with Crippen molar-refractivity contribution in [3.63, 3.8) is 0 Å². The summed E-state index contributed by atoms with van der Waals surface area (Å²) in [6, 6.07) is 4.18. The number of fused-ring (bicyclic) bond motifs is 1. The molecule has 0 aliphatic heterocycles. The molecule has 0 N–H and O–H groups in total. The van der Waals surface area contributed by atoms with Crippen LogP contribution in [0.4, 0.5) is 0 Å². The van der Waals surface area contributed by atoms with E-state index in [1.165, 1.54) is 21.2 Å². The zero-order chi connectivity index (χ0) is 9.42. The number of alkyl halides is 1. The summed E-state index contributed by atoms with van der Waals surface area (Å²) in [6.45, 7) is 2.06. The van der Waals surface area contributed by atoms with Crippen LogP contribution in [0.1, 0.15) is 11.1 Å². The average Bonchev–Trinajstić information content (AvgIpc) is 2.60. The number of hydrogen-bond donors (Lipinski definition) is 0. The highest BCUT2D eigenvalue weighted by atomic mass is 79.9. The van der Waals surface area contributed by atoms with Crippen molar-refractivity contribution in [1.82, 2.24) is 0 Å². The Morgan fingerprint density at radius 2 is 2.31 bits per heavy atom. The lowest BCUT2D eigenvalue weighted by molar-refractivity contribution is 1.46. The highest BCUT2D eigenvalue weighted by molar-refractivity contribution is 9.08. The molecule has 1 aromatic carbocycles. The van der Waals surface area contributed by atoms with E-state index in [4.69, 9.17) is 11.6 Å². The largest absolute Gasteiger partial charge is 0.143 e. The van der Waals surface area contributed by atoms with E-state index in [9.17, 15) is 0 Å². The van der Waals surface area contributed by atoms with Gasteiger partial charge in [0.05, 0.1) is 0 Å². The minimum atomic E-state index is 0.861. The third-order valence-electron chi connectivity index (χ3n) is 2.16. The highest BCUT2D eigenvalue weighted by Gasteiger charge is 2.07. The molecule has 0 amide bonds. The first-order valence-electron chi connectivity index (χ1n) is 3.95. The second kappa shape index (κ2) is 3.60. The summed E-state index contributed by atoms with van der Waals surface area (Å²) < 4.78 is 1.35. The number of thiophene rings is 1. The number of aryl methyl sites for hydroxylation is 1. The van der Waals surface area contributed by atoms with Crippen LogP contribution in [0.3, 0.4) is 0 Å². The molecule has 2 aromatic rings. The summed E-state index contributed by atoms with van der Waals surface area (Å²) in [5, 5.41) is 5.12. The first-order valence-corrected chi connectivity index (χ1v) is 6.33. The molecule has 1 aromatic heterocycles. The molecule has 0 nitrogen and oxygen atoms in total. The molecule has 0 radical (unpaired) electrons. The maximum Gasteiger partial charge on any atom is 0.0445 e. The lowest BCUT2D eigenvalue weighted by Gasteiger charge is -2.04. The van der Waals surface area contributed by atoms with Gasteiger partial charge in [-0.3, -0.25) is 0 Å². The van der Waals surface area contributed by atoms with Gasteiger partial charge in [-0.2, -0.15) is 0 Å². The van der Waals surface area contributed by atoms with Crippen molar-refractivity contribution >= 4 is 49.0 Å². The van der Waals surface area contributed by atoms with Crippen LogP contribution in [0.2, 0.25) is 5.02 Å². The van der Waals surface area contributed by atoms with Crippen molar-refractivity contribution in [3.05, 3.63) is 33.7 Å². The zero-order valence-electron chi connectivity index (χ0n) is 7.10. The Balaban J connectivity index is 2.87. The summed E-state index contributed by atoms with van der Waals surface area (Å²) in [5.41, 5.74) is 2.46. The zero-order valence-corrected chi connectivity index (χ0v) is 10.3. The minimum absolute atomic E-state index is 0.861. The minimum Gasteiger partial charge on any atom is -0.143 e. The Kier molecular flexibility index (Phi) is 2.63. The summed E-state index contributed by atoms with van der Waals surface area (Å²) in [7, 11) is 0. The van der Waals surface area contributed by atoms with Crippen LogP contribution < -0.4 is 0 Å². The van der Waals surface area contributed by atoms with Crippen molar-refractivity contribution in [1.29, 1.82) is 0 Å². The van der Waals surface area contributed by atoms with Gasteiger partial charge in [0, 0.05) is 15.1 Å². The van der Waals surface area contributed by atoms with Crippen LogP contribution >= 0.6 is 38.9 Å². The molecule has 0 aliphatic carbocycles. The lowest BCUT2D eigenvalue weighted by Crippen LogP contribution is -1.82. The topological polar surface area (TPSA) is 0 Å². The fraction of sp³-hybridized carbons (Fsp3) is 0.200. The smallest absolute Gasteiger partial charge is 0.0445 e. The van der Waals surface area contributed by atoms with E-state index in [1.807, 2.05) is 6.07 Å². The second-order valence-electron chi connectivity index (χ2n) is 2.94. The molecule has 0 unspecified atom stereocenters. The first kappa shape index (κ1) is 9.50. The number of benzene rings is 1. The monoisotopic (exact) mass is 274 g/mol. The summed E-state index contributed by atoms with van der Waals surface area (Å²) in [6.07, 6.45) is 0. The van der Waals surface area contributed by atoms with Crippen molar-refractivity contribution in [2.45, 2.75) is 12.3 Å². The average molecular weight is 276 g/mol. The lowest BCUT2D eigenvalue weighted by atomic mass is 10.1. The van der Waals surface area contributed by atoms with E-state index in [0.717, 1.165) is 10.4 Å². The molecule has 0 aliphatic rings. The SMILES string of the molecule is Cc1c(Cl)cc(CBr)c2sccc12. The highest BCUT2D eigenvalue weighted by Crippen LogP contribution is 2.33. The van der Waals surface area contributed by atoms with Crippen LogP contribution in [-0.2, 0) is 5.33 Å². The molecule has 0 bridgehead atoms. The van der Waals surface area contributed by atoms with Gasteiger partial charge in [0.25, 0.3) is 0 Å². The molecule has 2 rings (SSSR count). The molecule has 1 heterocycles. The van der Waals surface area contributed by atoms with E-state index in [1.54, 1.807) is 11.3 Å². The van der Waals surface area contributed by atoms with E-state index in [2.05, 4.69) is 34.3 Å². The summed E-state index contributed by atoms with van der Waals surface area (Å²) in [5.74, 6) is 0. The van der Waals surface area contributed by atoms with Gasteiger partial charge in [0.1, 0.15) is 0 Å². The molecule has 13 heavy (non-hydrogen) atoms. The third kappa shape index (κ3) is 1.51. The Morgan fingerprint density at radius 1 is 1.54 bits per heavy atom. The Labute approximate surface area is 94.7 Å². The van der Waals surface area contributed by atoms with Crippen LogP contribution in [0.15, 0.2) is 17.5 Å². The van der Waals surface area contributed by atoms with Gasteiger partial charge in [0.15, 0.2) is 0 Å². The molecular formula is C10H8BrClS. The summed E-state index contributed by atoms with van der Waals surface area (Å²) >= 11 is 11.4. The molecule has 3 heteroatoms. The predicted molar refractivity (Wildman–Crippen MR) is 64.2 cm³/mol. The van der Waals surface area contributed by atoms with E-state index in [0.29, 0.717) is 0 Å². The van der Waals surface area contributed by atoms with Crippen LogP contribution in [0, 0.1) is 6.92 Å². The second-order valence-corrected chi connectivity index (χ2v) is 4.82. The van der Waals surface area contributed by atoms with Crippen LogP contribution in [-0.4, -0.2) is 0 Å². The van der Waals surface area contributed by atoms with E-state index < -0.39 is 0 Å². The quantitative estimate of drug-likeness (QED) is 0.658. The van der Waals surface area contributed by atoms with Gasteiger partial charge in [0.2, 0.25) is 0 Å². The Morgan fingerprint density at radius 3 is 3.00 bits per heavy atom. The number of halogens is 2. The molecule has 0 atom stereocenters. The normalized spacial score (nSPS) is 11.0. The molecular weight excluding hydrogens is 268 g/mol. The van der Waals surface area contributed by atoms with Crippen molar-refractivity contribution in [3.8, 4) is 0 Å². The maximum atomic E-state index is 6.11. The van der Waals surface area contributed by atoms with E-state index >= 15 is 0 Å². The van der Waals surface area contributed by atoms with Crippen molar-refractivity contribution in [2.24, 2.45) is 0 Å². The molecule has 68 valence electrons.